The Morgan fingerprint density at radius 3 is 2.50 bits per heavy atom. The molecule has 0 N–H and O–H groups in total. The molecule has 0 saturated carbocycles. The average Bonchev–Trinajstić information content (AvgIpc) is 3.16. The van der Waals surface area contributed by atoms with Crippen LogP contribution < -0.4 is 4.90 Å². The van der Waals surface area contributed by atoms with Crippen LogP contribution in [0.15, 0.2) is 40.8 Å². The molecule has 2 amide bonds. The average molecular weight is 387 g/mol. The molecule has 0 radical (unpaired) electrons. The highest BCUT2D eigenvalue weighted by atomic mass is 16.6. The van der Waals surface area contributed by atoms with Gasteiger partial charge in [-0.1, -0.05) is 12.1 Å². The van der Waals surface area contributed by atoms with Crippen LogP contribution in [0.1, 0.15) is 20.9 Å². The number of methoxy groups -OCH3 is 1. The van der Waals surface area contributed by atoms with E-state index in [0.29, 0.717) is 5.69 Å². The maximum Gasteiger partial charge on any atom is 0.433 e. The molecule has 1 aliphatic rings. The van der Waals surface area contributed by atoms with Crippen molar-refractivity contribution in [2.45, 2.75) is 0 Å². The molecule has 0 bridgehead atoms. The zero-order valence-electron chi connectivity index (χ0n) is 15.2. The molecule has 0 unspecified atom stereocenters. The number of hydrogen-bond acceptors (Lipinski definition) is 7. The van der Waals surface area contributed by atoms with Gasteiger partial charge in [0.05, 0.1) is 30.3 Å². The number of rotatable bonds is 5. The standard InChI is InChI=1S/C18H17N3O7/c1-19(13-6-4-3-5-12(13)18(24)27-2)16(22)11-9-20(10-11)17(23)14-7-8-15(28-14)21(25)26/h3-8,11H,9-10H2,1-2H3. The highest BCUT2D eigenvalue weighted by Gasteiger charge is 2.39. The number of nitrogens with zero attached hydrogens (tertiary/aromatic N) is 3. The molecule has 1 aromatic heterocycles. The zero-order chi connectivity index (χ0) is 20.4. The van der Waals surface area contributed by atoms with Crippen LogP contribution in [0.4, 0.5) is 11.6 Å². The molecule has 0 spiro atoms. The number of amides is 2. The van der Waals surface area contributed by atoms with E-state index in [9.17, 15) is 24.5 Å². The Labute approximate surface area is 159 Å². The lowest BCUT2D eigenvalue weighted by Crippen LogP contribution is -2.56. The summed E-state index contributed by atoms with van der Waals surface area (Å²) < 4.78 is 9.63. The van der Waals surface area contributed by atoms with Crippen LogP contribution in [0, 0.1) is 16.0 Å². The first-order valence-electron chi connectivity index (χ1n) is 8.32. The maximum atomic E-state index is 12.7. The summed E-state index contributed by atoms with van der Waals surface area (Å²) in [6.07, 6.45) is 0. The first kappa shape index (κ1) is 19.1. The Hall–Kier alpha value is -3.69. The predicted octanol–water partition coefficient (Wildman–Crippen LogP) is 1.71. The van der Waals surface area contributed by atoms with E-state index in [1.165, 1.54) is 23.0 Å². The van der Waals surface area contributed by atoms with Gasteiger partial charge in [-0.05, 0) is 18.2 Å². The third-order valence-corrected chi connectivity index (χ3v) is 4.50. The first-order valence-corrected chi connectivity index (χ1v) is 8.32. The fraction of sp³-hybridized carbons (Fsp3) is 0.278. The van der Waals surface area contributed by atoms with Gasteiger partial charge in [-0.15, -0.1) is 0 Å². The van der Waals surface area contributed by atoms with Gasteiger partial charge >= 0.3 is 11.9 Å². The predicted molar refractivity (Wildman–Crippen MR) is 95.9 cm³/mol. The number of carbonyl (C=O) groups is 3. The smallest absolute Gasteiger partial charge is 0.433 e. The molecular weight excluding hydrogens is 370 g/mol. The molecule has 28 heavy (non-hydrogen) atoms. The Kier molecular flexibility index (Phi) is 5.12. The third-order valence-electron chi connectivity index (χ3n) is 4.50. The lowest BCUT2D eigenvalue weighted by atomic mass is 9.97. The summed E-state index contributed by atoms with van der Waals surface area (Å²) in [6.45, 7) is 0.299. The molecule has 2 aromatic rings. The molecule has 10 nitrogen and oxygen atoms in total. The summed E-state index contributed by atoms with van der Waals surface area (Å²) in [4.78, 5) is 49.5. The molecule has 1 aliphatic heterocycles. The largest absolute Gasteiger partial charge is 0.465 e. The Bertz CT molecular complexity index is 946. The van der Waals surface area contributed by atoms with Crippen molar-refractivity contribution in [1.82, 2.24) is 4.90 Å². The number of furan rings is 1. The van der Waals surface area contributed by atoms with Gasteiger partial charge in [-0.3, -0.25) is 19.7 Å². The van der Waals surface area contributed by atoms with E-state index in [0.717, 1.165) is 6.07 Å². The van der Waals surface area contributed by atoms with Gasteiger partial charge in [0.15, 0.2) is 5.76 Å². The molecule has 0 aliphatic carbocycles. The number of anilines is 1. The SMILES string of the molecule is COC(=O)c1ccccc1N(C)C(=O)C1CN(C(=O)c2ccc([N+](=O)[O-])o2)C1. The maximum absolute atomic E-state index is 12.7. The summed E-state index contributed by atoms with van der Waals surface area (Å²) >= 11 is 0. The lowest BCUT2D eigenvalue weighted by molar-refractivity contribution is -0.402. The number of para-hydroxylation sites is 1. The van der Waals surface area contributed by atoms with Crippen LogP contribution in [-0.2, 0) is 9.53 Å². The lowest BCUT2D eigenvalue weighted by Gasteiger charge is -2.39. The van der Waals surface area contributed by atoms with Gasteiger partial charge in [0.2, 0.25) is 5.91 Å². The number of nitro groups is 1. The fourth-order valence-corrected chi connectivity index (χ4v) is 2.94. The van der Waals surface area contributed by atoms with E-state index < -0.39 is 28.6 Å². The van der Waals surface area contributed by atoms with Gasteiger partial charge in [0.25, 0.3) is 5.91 Å². The number of benzene rings is 1. The quantitative estimate of drug-likeness (QED) is 0.435. The fourth-order valence-electron chi connectivity index (χ4n) is 2.94. The van der Waals surface area contributed by atoms with Gasteiger partial charge in [-0.25, -0.2) is 4.79 Å². The second kappa shape index (κ2) is 7.51. The highest BCUT2D eigenvalue weighted by Crippen LogP contribution is 2.27. The topological polar surface area (TPSA) is 123 Å². The Morgan fingerprint density at radius 1 is 1.21 bits per heavy atom. The highest BCUT2D eigenvalue weighted by molar-refractivity contribution is 6.04. The van der Waals surface area contributed by atoms with Gasteiger partial charge in [0.1, 0.15) is 4.92 Å². The van der Waals surface area contributed by atoms with E-state index in [1.807, 2.05) is 0 Å². The summed E-state index contributed by atoms with van der Waals surface area (Å²) in [7, 11) is 2.81. The number of esters is 1. The van der Waals surface area contributed by atoms with E-state index in [1.54, 1.807) is 31.3 Å². The van der Waals surface area contributed by atoms with E-state index in [4.69, 9.17) is 9.15 Å². The van der Waals surface area contributed by atoms with Crippen LogP contribution in [0.25, 0.3) is 0 Å². The van der Waals surface area contributed by atoms with E-state index >= 15 is 0 Å². The number of carbonyl (C=O) groups excluding carboxylic acids is 3. The normalized spacial score (nSPS) is 13.6. The summed E-state index contributed by atoms with van der Waals surface area (Å²) in [6, 6.07) is 8.90. The van der Waals surface area contributed by atoms with Crippen molar-refractivity contribution in [3.8, 4) is 0 Å². The second-order valence-electron chi connectivity index (χ2n) is 6.21. The number of hydrogen-bond donors (Lipinski definition) is 0. The molecule has 2 heterocycles. The van der Waals surface area contributed by atoms with Crippen molar-refractivity contribution in [1.29, 1.82) is 0 Å². The van der Waals surface area contributed by atoms with Crippen molar-refractivity contribution < 1.29 is 28.5 Å². The minimum atomic E-state index is -0.729. The van der Waals surface area contributed by atoms with Gasteiger partial charge in [-0.2, -0.15) is 0 Å². The number of likely N-dealkylation sites (tertiary alicyclic amines) is 1. The molecule has 1 fully saturated rings. The molecule has 10 heteroatoms. The molecule has 1 saturated heterocycles. The van der Waals surface area contributed by atoms with Crippen molar-refractivity contribution >= 4 is 29.4 Å². The van der Waals surface area contributed by atoms with E-state index in [-0.39, 0.29) is 30.3 Å². The van der Waals surface area contributed by atoms with Crippen LogP contribution >= 0.6 is 0 Å². The minimum Gasteiger partial charge on any atom is -0.465 e. The monoisotopic (exact) mass is 387 g/mol. The van der Waals surface area contributed by atoms with Crippen molar-refractivity contribution in [3.05, 3.63) is 57.8 Å². The summed E-state index contributed by atoms with van der Waals surface area (Å²) in [5.41, 5.74) is 0.668. The summed E-state index contributed by atoms with van der Waals surface area (Å²) in [5.74, 6) is -2.46. The van der Waals surface area contributed by atoms with Crippen LogP contribution in [0.2, 0.25) is 0 Å². The van der Waals surface area contributed by atoms with E-state index in [2.05, 4.69) is 0 Å². The summed E-state index contributed by atoms with van der Waals surface area (Å²) in [5, 5.41) is 10.6. The van der Waals surface area contributed by atoms with Crippen molar-refractivity contribution in [2.75, 3.05) is 32.1 Å². The van der Waals surface area contributed by atoms with Crippen LogP contribution in [-0.4, -0.2) is 54.9 Å². The molecule has 1 aromatic carbocycles. The van der Waals surface area contributed by atoms with Crippen molar-refractivity contribution in [2.24, 2.45) is 5.92 Å². The Morgan fingerprint density at radius 2 is 1.89 bits per heavy atom. The molecular formula is C18H17N3O7. The minimum absolute atomic E-state index is 0.150. The van der Waals surface area contributed by atoms with Gasteiger partial charge in [0, 0.05) is 20.1 Å². The number of ether oxygens (including phenoxy) is 1. The third kappa shape index (κ3) is 3.43. The molecule has 3 rings (SSSR count). The zero-order valence-corrected chi connectivity index (χ0v) is 15.2. The van der Waals surface area contributed by atoms with Gasteiger partial charge < -0.3 is 19.0 Å². The second-order valence-corrected chi connectivity index (χ2v) is 6.21. The first-order chi connectivity index (χ1) is 13.3. The van der Waals surface area contributed by atoms with Crippen LogP contribution in [0.5, 0.6) is 0 Å². The molecule has 0 atom stereocenters. The van der Waals surface area contributed by atoms with Crippen molar-refractivity contribution in [3.63, 3.8) is 0 Å². The molecule has 146 valence electrons. The van der Waals surface area contributed by atoms with Crippen LogP contribution in [0.3, 0.4) is 0 Å². The Balaban J connectivity index is 1.65.